The summed E-state index contributed by atoms with van der Waals surface area (Å²) in [5, 5.41) is 10.3. The predicted molar refractivity (Wildman–Crippen MR) is 108 cm³/mol. The molecule has 1 amide bonds. The van der Waals surface area contributed by atoms with Gasteiger partial charge < -0.3 is 5.32 Å². The van der Waals surface area contributed by atoms with Gasteiger partial charge in [-0.1, -0.05) is 42.5 Å². The van der Waals surface area contributed by atoms with E-state index in [-0.39, 0.29) is 17.2 Å². The fourth-order valence-corrected chi connectivity index (χ4v) is 3.65. The number of fused-ring (bicyclic) bond motifs is 1. The Kier molecular flexibility index (Phi) is 4.80. The lowest BCUT2D eigenvalue weighted by Crippen LogP contribution is -2.31. The van der Waals surface area contributed by atoms with E-state index in [1.807, 2.05) is 35.7 Å². The summed E-state index contributed by atoms with van der Waals surface area (Å²) in [7, 11) is 0. The molecule has 0 aliphatic heterocycles. The van der Waals surface area contributed by atoms with Crippen LogP contribution < -0.4 is 10.9 Å². The van der Waals surface area contributed by atoms with E-state index in [1.54, 1.807) is 47.7 Å². The molecule has 5 nitrogen and oxygen atoms in total. The molecule has 0 atom stereocenters. The van der Waals surface area contributed by atoms with Gasteiger partial charge in [-0.25, -0.2) is 0 Å². The van der Waals surface area contributed by atoms with Gasteiger partial charge in [0.25, 0.3) is 11.5 Å². The maximum atomic E-state index is 12.8. The maximum Gasteiger partial charge on any atom is 0.279 e. The molecule has 0 saturated carbocycles. The van der Waals surface area contributed by atoms with E-state index in [4.69, 9.17) is 0 Å². The molecule has 134 valence electrons. The average molecular weight is 375 g/mol. The smallest absolute Gasteiger partial charge is 0.279 e. The van der Waals surface area contributed by atoms with Crippen molar-refractivity contribution < 1.29 is 4.79 Å². The van der Waals surface area contributed by atoms with Crippen molar-refractivity contribution in [1.29, 1.82) is 0 Å². The standard InChI is InChI=1S/C21H17N3O2S/c25-20(22-13-12-16-9-6-14-27-16)19-17-10-4-5-11-18(17)21(26)24(23-19)15-7-2-1-3-8-15/h1-11,14H,12-13H2,(H,22,25). The Morgan fingerprint density at radius 3 is 2.44 bits per heavy atom. The fraction of sp³-hybridized carbons (Fsp3) is 0.0952. The van der Waals surface area contributed by atoms with Crippen LogP contribution in [0.1, 0.15) is 15.4 Å². The van der Waals surface area contributed by atoms with Gasteiger partial charge in [0, 0.05) is 16.8 Å². The quantitative estimate of drug-likeness (QED) is 0.581. The number of aromatic nitrogens is 2. The van der Waals surface area contributed by atoms with Crippen LogP contribution in [0.4, 0.5) is 0 Å². The van der Waals surface area contributed by atoms with Crippen LogP contribution in [0.15, 0.2) is 76.9 Å². The minimum Gasteiger partial charge on any atom is -0.350 e. The van der Waals surface area contributed by atoms with Gasteiger partial charge in [-0.2, -0.15) is 9.78 Å². The number of nitrogens with one attached hydrogen (secondary N) is 1. The normalized spacial score (nSPS) is 10.8. The Morgan fingerprint density at radius 2 is 1.70 bits per heavy atom. The van der Waals surface area contributed by atoms with Crippen LogP contribution in [0.5, 0.6) is 0 Å². The molecule has 0 aliphatic rings. The van der Waals surface area contributed by atoms with E-state index in [0.717, 1.165) is 6.42 Å². The largest absolute Gasteiger partial charge is 0.350 e. The molecule has 1 N–H and O–H groups in total. The fourth-order valence-electron chi connectivity index (χ4n) is 2.94. The molecule has 0 saturated heterocycles. The number of rotatable bonds is 5. The summed E-state index contributed by atoms with van der Waals surface area (Å²) in [4.78, 5) is 26.9. The van der Waals surface area contributed by atoms with Gasteiger partial charge in [0.1, 0.15) is 0 Å². The number of carbonyl (C=O) groups is 1. The van der Waals surface area contributed by atoms with Crippen molar-refractivity contribution in [3.63, 3.8) is 0 Å². The predicted octanol–water partition coefficient (Wildman–Crippen LogP) is 3.42. The second-order valence-corrected chi connectivity index (χ2v) is 7.06. The monoisotopic (exact) mass is 375 g/mol. The average Bonchev–Trinajstić information content (AvgIpc) is 3.22. The van der Waals surface area contributed by atoms with Gasteiger partial charge >= 0.3 is 0 Å². The SMILES string of the molecule is O=C(NCCc1cccs1)c1nn(-c2ccccc2)c(=O)c2ccccc12. The zero-order valence-electron chi connectivity index (χ0n) is 14.5. The third-order valence-corrected chi connectivity index (χ3v) is 5.19. The Hall–Kier alpha value is -3.25. The molecular formula is C21H17N3O2S. The highest BCUT2D eigenvalue weighted by Gasteiger charge is 2.17. The highest BCUT2D eigenvalue weighted by molar-refractivity contribution is 7.09. The lowest BCUT2D eigenvalue weighted by Gasteiger charge is -2.11. The Morgan fingerprint density at radius 1 is 0.963 bits per heavy atom. The molecule has 2 heterocycles. The van der Waals surface area contributed by atoms with E-state index in [9.17, 15) is 9.59 Å². The highest BCUT2D eigenvalue weighted by Crippen LogP contribution is 2.15. The molecule has 0 radical (unpaired) electrons. The summed E-state index contributed by atoms with van der Waals surface area (Å²) in [5.41, 5.74) is 0.632. The Bertz CT molecular complexity index is 1140. The molecule has 2 aromatic heterocycles. The molecule has 0 bridgehead atoms. The lowest BCUT2D eigenvalue weighted by molar-refractivity contribution is 0.0949. The summed E-state index contributed by atoms with van der Waals surface area (Å²) >= 11 is 1.66. The van der Waals surface area contributed by atoms with Gasteiger partial charge in [0.2, 0.25) is 0 Å². The van der Waals surface area contributed by atoms with Gasteiger partial charge in [-0.3, -0.25) is 9.59 Å². The molecule has 2 aromatic carbocycles. The second kappa shape index (κ2) is 7.55. The molecule has 4 aromatic rings. The van der Waals surface area contributed by atoms with E-state index >= 15 is 0 Å². The summed E-state index contributed by atoms with van der Waals surface area (Å²) in [6.45, 7) is 0.514. The van der Waals surface area contributed by atoms with Crippen molar-refractivity contribution in [3.8, 4) is 5.69 Å². The van der Waals surface area contributed by atoms with Crippen molar-refractivity contribution in [2.75, 3.05) is 6.54 Å². The first-order valence-electron chi connectivity index (χ1n) is 8.62. The van der Waals surface area contributed by atoms with Crippen LogP contribution >= 0.6 is 11.3 Å². The molecule has 0 aliphatic carbocycles. The molecule has 0 unspecified atom stereocenters. The van der Waals surface area contributed by atoms with E-state index in [1.165, 1.54) is 9.56 Å². The second-order valence-electron chi connectivity index (χ2n) is 6.03. The minimum atomic E-state index is -0.285. The summed E-state index contributed by atoms with van der Waals surface area (Å²) in [6.07, 6.45) is 0.764. The molecule has 27 heavy (non-hydrogen) atoms. The van der Waals surface area contributed by atoms with Crippen LogP contribution in [-0.4, -0.2) is 22.2 Å². The van der Waals surface area contributed by atoms with E-state index < -0.39 is 0 Å². The van der Waals surface area contributed by atoms with Crippen LogP contribution in [-0.2, 0) is 6.42 Å². The Labute approximate surface area is 159 Å². The molecule has 6 heteroatoms. The third-order valence-electron chi connectivity index (χ3n) is 4.26. The number of benzene rings is 2. The van der Waals surface area contributed by atoms with Crippen molar-refractivity contribution in [3.05, 3.63) is 93.0 Å². The van der Waals surface area contributed by atoms with Crippen LogP contribution in [0, 0.1) is 0 Å². The number of para-hydroxylation sites is 1. The number of thiophene rings is 1. The molecular weight excluding hydrogens is 358 g/mol. The first-order chi connectivity index (χ1) is 13.2. The first-order valence-corrected chi connectivity index (χ1v) is 9.50. The van der Waals surface area contributed by atoms with Crippen LogP contribution in [0.25, 0.3) is 16.5 Å². The van der Waals surface area contributed by atoms with Crippen molar-refractivity contribution in [1.82, 2.24) is 15.1 Å². The summed E-state index contributed by atoms with van der Waals surface area (Å²) in [5.74, 6) is -0.285. The third kappa shape index (κ3) is 3.52. The summed E-state index contributed by atoms with van der Waals surface area (Å²) < 4.78 is 1.29. The lowest BCUT2D eigenvalue weighted by atomic mass is 10.1. The molecule has 0 fully saturated rings. The molecule has 4 rings (SSSR count). The number of hydrogen-bond donors (Lipinski definition) is 1. The number of carbonyl (C=O) groups excluding carboxylic acids is 1. The van der Waals surface area contributed by atoms with Gasteiger partial charge in [-0.15, -0.1) is 11.3 Å². The Balaban J connectivity index is 1.71. The highest BCUT2D eigenvalue weighted by atomic mass is 32.1. The maximum absolute atomic E-state index is 12.8. The van der Waals surface area contributed by atoms with Crippen molar-refractivity contribution >= 4 is 28.0 Å². The topological polar surface area (TPSA) is 64.0 Å². The zero-order chi connectivity index (χ0) is 18.6. The zero-order valence-corrected chi connectivity index (χ0v) is 15.3. The first kappa shape index (κ1) is 17.2. The van der Waals surface area contributed by atoms with Gasteiger partial charge in [-0.05, 0) is 36.1 Å². The van der Waals surface area contributed by atoms with Crippen LogP contribution in [0.2, 0.25) is 0 Å². The van der Waals surface area contributed by atoms with E-state index in [2.05, 4.69) is 10.4 Å². The van der Waals surface area contributed by atoms with Gasteiger partial charge in [0.05, 0.1) is 11.1 Å². The number of hydrogen-bond acceptors (Lipinski definition) is 4. The van der Waals surface area contributed by atoms with Gasteiger partial charge in [0.15, 0.2) is 5.69 Å². The van der Waals surface area contributed by atoms with E-state index in [0.29, 0.717) is 23.0 Å². The van der Waals surface area contributed by atoms with Crippen molar-refractivity contribution in [2.45, 2.75) is 6.42 Å². The minimum absolute atomic E-state index is 0.244. The number of nitrogens with zero attached hydrogens (tertiary/aromatic N) is 2. The summed E-state index contributed by atoms with van der Waals surface area (Å²) in [6, 6.07) is 20.2. The van der Waals surface area contributed by atoms with Crippen molar-refractivity contribution in [2.24, 2.45) is 0 Å². The number of amides is 1. The molecule has 0 spiro atoms. The van der Waals surface area contributed by atoms with Crippen LogP contribution in [0.3, 0.4) is 0 Å².